The van der Waals surface area contributed by atoms with Gasteiger partial charge in [-0.3, -0.25) is 4.79 Å². The number of piperidine rings is 1. The normalized spacial score (nSPS) is 35.8. The molecule has 0 saturated carbocycles. The Morgan fingerprint density at radius 3 is 2.31 bits per heavy atom. The molecule has 13 heavy (non-hydrogen) atoms. The number of rotatable bonds is 0. The molecule has 76 valence electrons. The van der Waals surface area contributed by atoms with Gasteiger partial charge in [0.2, 0.25) is 5.91 Å². The molecule has 3 atom stereocenters. The molecule has 2 nitrogen and oxygen atoms in total. The van der Waals surface area contributed by atoms with Gasteiger partial charge in [-0.15, -0.1) is 0 Å². The van der Waals surface area contributed by atoms with Crippen LogP contribution in [0.1, 0.15) is 41.0 Å². The third kappa shape index (κ3) is 2.23. The molecule has 0 bridgehead atoms. The summed E-state index contributed by atoms with van der Waals surface area (Å²) < 4.78 is 0. The maximum atomic E-state index is 11.4. The van der Waals surface area contributed by atoms with Crippen molar-refractivity contribution in [1.29, 1.82) is 0 Å². The van der Waals surface area contributed by atoms with Crippen molar-refractivity contribution in [2.45, 2.75) is 47.1 Å². The van der Waals surface area contributed by atoms with Crippen LogP contribution in [0.2, 0.25) is 0 Å². The predicted molar refractivity (Wildman–Crippen MR) is 54.3 cm³/mol. The lowest BCUT2D eigenvalue weighted by atomic mass is 9.70. The Morgan fingerprint density at radius 2 is 1.85 bits per heavy atom. The second-order valence-corrected chi connectivity index (χ2v) is 5.41. The topological polar surface area (TPSA) is 29.1 Å². The van der Waals surface area contributed by atoms with Crippen molar-refractivity contribution >= 4 is 5.91 Å². The molecule has 0 spiro atoms. The SMILES string of the molecule is CC1CC(C(C)(C)C)C(C)NC1=O. The van der Waals surface area contributed by atoms with Gasteiger partial charge >= 0.3 is 0 Å². The molecule has 1 amide bonds. The molecule has 1 fully saturated rings. The molecule has 0 radical (unpaired) electrons. The number of hydrogen-bond donors (Lipinski definition) is 1. The monoisotopic (exact) mass is 183 g/mol. The summed E-state index contributed by atoms with van der Waals surface area (Å²) in [5.74, 6) is 0.994. The lowest BCUT2D eigenvalue weighted by molar-refractivity contribution is -0.129. The Labute approximate surface area is 81.1 Å². The van der Waals surface area contributed by atoms with E-state index in [0.29, 0.717) is 17.4 Å². The predicted octanol–water partition coefficient (Wildman–Crippen LogP) is 2.19. The van der Waals surface area contributed by atoms with Crippen molar-refractivity contribution < 1.29 is 4.79 Å². The van der Waals surface area contributed by atoms with Crippen molar-refractivity contribution in [3.05, 3.63) is 0 Å². The Balaban J connectivity index is 2.72. The molecule has 1 N–H and O–H groups in total. The zero-order chi connectivity index (χ0) is 10.2. The summed E-state index contributed by atoms with van der Waals surface area (Å²) in [7, 11) is 0. The summed E-state index contributed by atoms with van der Waals surface area (Å²) in [4.78, 5) is 11.4. The molecule has 2 heteroatoms. The largest absolute Gasteiger partial charge is 0.353 e. The van der Waals surface area contributed by atoms with Gasteiger partial charge < -0.3 is 5.32 Å². The summed E-state index contributed by atoms with van der Waals surface area (Å²) in [6.07, 6.45) is 1.02. The summed E-state index contributed by atoms with van der Waals surface area (Å²) in [6.45, 7) is 10.9. The lowest BCUT2D eigenvalue weighted by Crippen LogP contribution is -2.50. The first kappa shape index (κ1) is 10.6. The Hall–Kier alpha value is -0.530. The van der Waals surface area contributed by atoms with Crippen LogP contribution < -0.4 is 5.32 Å². The van der Waals surface area contributed by atoms with Crippen molar-refractivity contribution in [2.24, 2.45) is 17.3 Å². The third-order valence-electron chi connectivity index (χ3n) is 3.14. The molecule has 3 unspecified atom stereocenters. The highest BCUT2D eigenvalue weighted by Crippen LogP contribution is 2.36. The molecule has 1 aliphatic rings. The fourth-order valence-electron chi connectivity index (χ4n) is 2.26. The summed E-state index contributed by atoms with van der Waals surface area (Å²) in [5, 5.41) is 3.05. The van der Waals surface area contributed by atoms with Gasteiger partial charge in [0.1, 0.15) is 0 Å². The maximum absolute atomic E-state index is 11.4. The molecule has 0 aromatic carbocycles. The zero-order valence-corrected chi connectivity index (χ0v) is 9.35. The van der Waals surface area contributed by atoms with E-state index in [9.17, 15) is 4.79 Å². The molecule has 0 aromatic rings. The van der Waals surface area contributed by atoms with Crippen LogP contribution in [-0.2, 0) is 4.79 Å². The minimum absolute atomic E-state index is 0.181. The Kier molecular flexibility index (Phi) is 2.69. The fraction of sp³-hybridized carbons (Fsp3) is 0.909. The van der Waals surface area contributed by atoms with Crippen LogP contribution in [-0.4, -0.2) is 11.9 Å². The number of carbonyl (C=O) groups is 1. The Bertz CT molecular complexity index is 205. The van der Waals surface area contributed by atoms with Crippen molar-refractivity contribution in [1.82, 2.24) is 5.32 Å². The van der Waals surface area contributed by atoms with Gasteiger partial charge in [-0.1, -0.05) is 27.7 Å². The first-order chi connectivity index (χ1) is 5.82. The van der Waals surface area contributed by atoms with E-state index in [4.69, 9.17) is 0 Å². The van der Waals surface area contributed by atoms with E-state index in [1.165, 1.54) is 0 Å². The van der Waals surface area contributed by atoms with E-state index < -0.39 is 0 Å². The van der Waals surface area contributed by atoms with Crippen LogP contribution in [0.3, 0.4) is 0 Å². The van der Waals surface area contributed by atoms with Gasteiger partial charge in [-0.05, 0) is 24.7 Å². The van der Waals surface area contributed by atoms with Gasteiger partial charge in [-0.2, -0.15) is 0 Å². The van der Waals surface area contributed by atoms with E-state index >= 15 is 0 Å². The second-order valence-electron chi connectivity index (χ2n) is 5.41. The first-order valence-electron chi connectivity index (χ1n) is 5.12. The standard InChI is InChI=1S/C11H21NO/c1-7-6-9(11(3,4)5)8(2)12-10(7)13/h7-9H,6H2,1-5H3,(H,12,13). The van der Waals surface area contributed by atoms with Crippen molar-refractivity contribution in [3.8, 4) is 0 Å². The first-order valence-corrected chi connectivity index (χ1v) is 5.12. The van der Waals surface area contributed by atoms with Gasteiger partial charge in [0.15, 0.2) is 0 Å². The number of carbonyl (C=O) groups excluding carboxylic acids is 1. The van der Waals surface area contributed by atoms with Crippen LogP contribution in [0.4, 0.5) is 0 Å². The van der Waals surface area contributed by atoms with Crippen LogP contribution in [0.5, 0.6) is 0 Å². The van der Waals surface area contributed by atoms with E-state index in [-0.39, 0.29) is 11.8 Å². The molecular weight excluding hydrogens is 162 g/mol. The van der Waals surface area contributed by atoms with Gasteiger partial charge in [0.25, 0.3) is 0 Å². The molecule has 1 heterocycles. The van der Waals surface area contributed by atoms with E-state index in [1.807, 2.05) is 6.92 Å². The third-order valence-corrected chi connectivity index (χ3v) is 3.14. The van der Waals surface area contributed by atoms with Crippen LogP contribution in [0.15, 0.2) is 0 Å². The van der Waals surface area contributed by atoms with Crippen LogP contribution in [0, 0.1) is 17.3 Å². The van der Waals surface area contributed by atoms with Gasteiger partial charge in [0.05, 0.1) is 0 Å². The summed E-state index contributed by atoms with van der Waals surface area (Å²) in [6, 6.07) is 0.323. The Morgan fingerprint density at radius 1 is 1.31 bits per heavy atom. The minimum atomic E-state index is 0.181. The van der Waals surface area contributed by atoms with Gasteiger partial charge in [-0.25, -0.2) is 0 Å². The van der Waals surface area contributed by atoms with Crippen LogP contribution >= 0.6 is 0 Å². The smallest absolute Gasteiger partial charge is 0.223 e. The fourth-order valence-corrected chi connectivity index (χ4v) is 2.26. The highest BCUT2D eigenvalue weighted by molar-refractivity contribution is 5.79. The molecule has 1 saturated heterocycles. The average Bonchev–Trinajstić information content (AvgIpc) is 1.94. The molecule has 0 aliphatic carbocycles. The van der Waals surface area contributed by atoms with Crippen LogP contribution in [0.25, 0.3) is 0 Å². The lowest BCUT2D eigenvalue weighted by Gasteiger charge is -2.41. The minimum Gasteiger partial charge on any atom is -0.353 e. The molecule has 1 rings (SSSR count). The van der Waals surface area contributed by atoms with Crippen molar-refractivity contribution in [2.75, 3.05) is 0 Å². The maximum Gasteiger partial charge on any atom is 0.223 e. The average molecular weight is 183 g/mol. The second kappa shape index (κ2) is 3.32. The highest BCUT2D eigenvalue weighted by Gasteiger charge is 2.37. The number of nitrogens with one attached hydrogen (secondary N) is 1. The molecule has 1 aliphatic heterocycles. The molecular formula is C11H21NO. The van der Waals surface area contributed by atoms with Crippen molar-refractivity contribution in [3.63, 3.8) is 0 Å². The summed E-state index contributed by atoms with van der Waals surface area (Å²) in [5.41, 5.74) is 0.293. The summed E-state index contributed by atoms with van der Waals surface area (Å²) >= 11 is 0. The van der Waals surface area contributed by atoms with E-state index in [2.05, 4.69) is 33.0 Å². The van der Waals surface area contributed by atoms with E-state index in [0.717, 1.165) is 6.42 Å². The number of hydrogen-bond acceptors (Lipinski definition) is 1. The highest BCUT2D eigenvalue weighted by atomic mass is 16.2. The zero-order valence-electron chi connectivity index (χ0n) is 9.35. The molecule has 0 aromatic heterocycles. The quantitative estimate of drug-likeness (QED) is 0.613. The van der Waals surface area contributed by atoms with Gasteiger partial charge in [0, 0.05) is 12.0 Å². The van der Waals surface area contributed by atoms with E-state index in [1.54, 1.807) is 0 Å². The number of amides is 1.